The van der Waals surface area contributed by atoms with Gasteiger partial charge < -0.3 is 15.4 Å². The van der Waals surface area contributed by atoms with Crippen LogP contribution in [0.1, 0.15) is 51.5 Å². The third-order valence-corrected chi connectivity index (χ3v) is 3.59. The van der Waals surface area contributed by atoms with Gasteiger partial charge in [-0.3, -0.25) is 0 Å². The summed E-state index contributed by atoms with van der Waals surface area (Å²) in [6.45, 7) is 9.85. The average Bonchev–Trinajstić information content (AvgIpc) is 3.28. The van der Waals surface area contributed by atoms with Crippen LogP contribution in [0.2, 0.25) is 0 Å². The summed E-state index contributed by atoms with van der Waals surface area (Å²) in [5.41, 5.74) is 1.16. The molecule has 5 nitrogen and oxygen atoms in total. The minimum atomic E-state index is 0.375. The lowest BCUT2D eigenvalue weighted by Gasteiger charge is -2.17. The van der Waals surface area contributed by atoms with Crippen molar-refractivity contribution in [2.24, 2.45) is 5.92 Å². The Balaban J connectivity index is 1.89. The number of anilines is 2. The van der Waals surface area contributed by atoms with E-state index >= 15 is 0 Å². The number of hydrogen-bond acceptors (Lipinski definition) is 5. The van der Waals surface area contributed by atoms with E-state index in [2.05, 4.69) is 41.4 Å². The van der Waals surface area contributed by atoms with Crippen molar-refractivity contribution in [3.05, 3.63) is 11.9 Å². The highest BCUT2D eigenvalue weighted by Gasteiger charge is 2.21. The van der Waals surface area contributed by atoms with Crippen molar-refractivity contribution < 1.29 is 4.74 Å². The maximum atomic E-state index is 5.65. The Labute approximate surface area is 127 Å². The molecule has 0 spiro atoms. The third-order valence-electron chi connectivity index (χ3n) is 3.59. The number of nitrogens with one attached hydrogen (secondary N) is 2. The first kappa shape index (κ1) is 16.0. The highest BCUT2D eigenvalue weighted by Crippen LogP contribution is 2.29. The summed E-state index contributed by atoms with van der Waals surface area (Å²) in [7, 11) is 0. The van der Waals surface area contributed by atoms with Crippen LogP contribution in [0.3, 0.4) is 0 Å². The molecule has 0 amide bonds. The van der Waals surface area contributed by atoms with Crippen molar-refractivity contribution in [3.63, 3.8) is 0 Å². The van der Waals surface area contributed by atoms with Gasteiger partial charge in [0.2, 0.25) is 0 Å². The Morgan fingerprint density at radius 3 is 2.43 bits per heavy atom. The van der Waals surface area contributed by atoms with Crippen molar-refractivity contribution in [1.82, 2.24) is 9.97 Å². The van der Waals surface area contributed by atoms with E-state index in [-0.39, 0.29) is 0 Å². The van der Waals surface area contributed by atoms with Gasteiger partial charge in [-0.25, -0.2) is 9.97 Å². The molecule has 0 aliphatic heterocycles. The predicted octanol–water partition coefficient (Wildman–Crippen LogP) is 3.26. The topological polar surface area (TPSA) is 59.1 Å². The molecule has 0 radical (unpaired) electrons. The lowest BCUT2D eigenvalue weighted by Crippen LogP contribution is -2.15. The molecule has 1 heterocycles. The molecular formula is C16H28N4O. The number of aromatic nitrogens is 2. The van der Waals surface area contributed by atoms with E-state index in [9.17, 15) is 0 Å². The third kappa shape index (κ3) is 5.16. The van der Waals surface area contributed by atoms with Gasteiger partial charge in [0.25, 0.3) is 0 Å². The van der Waals surface area contributed by atoms with Crippen LogP contribution >= 0.6 is 0 Å². The van der Waals surface area contributed by atoms with Crippen molar-refractivity contribution in [3.8, 4) is 0 Å². The van der Waals surface area contributed by atoms with Gasteiger partial charge in [-0.15, -0.1) is 0 Å². The Bertz CT molecular complexity index is 432. The van der Waals surface area contributed by atoms with Crippen molar-refractivity contribution in [2.45, 2.75) is 46.0 Å². The van der Waals surface area contributed by atoms with E-state index in [0.29, 0.717) is 5.92 Å². The molecular weight excluding hydrogens is 264 g/mol. The smallest absolute Gasteiger partial charge is 0.135 e. The molecule has 1 aliphatic rings. The molecule has 0 aromatic carbocycles. The summed E-state index contributed by atoms with van der Waals surface area (Å²) in [5.74, 6) is 3.07. The quantitative estimate of drug-likeness (QED) is 0.648. The lowest BCUT2D eigenvalue weighted by atomic mass is 10.0. The molecule has 2 N–H and O–H groups in total. The molecule has 5 heteroatoms. The minimum absolute atomic E-state index is 0.375. The van der Waals surface area contributed by atoms with Crippen molar-refractivity contribution in [1.29, 1.82) is 0 Å². The van der Waals surface area contributed by atoms with Crippen LogP contribution in [0.25, 0.3) is 0 Å². The number of hydrogen-bond donors (Lipinski definition) is 2. The van der Waals surface area contributed by atoms with E-state index in [4.69, 9.17) is 4.74 Å². The SMILES string of the molecule is CCCNc1ncnc(NCCOCC2CC2)c1C(C)C. The molecule has 2 rings (SSSR count). The van der Waals surface area contributed by atoms with Gasteiger partial charge in [-0.1, -0.05) is 20.8 Å². The summed E-state index contributed by atoms with van der Waals surface area (Å²) in [4.78, 5) is 8.78. The highest BCUT2D eigenvalue weighted by atomic mass is 16.5. The summed E-state index contributed by atoms with van der Waals surface area (Å²) >= 11 is 0. The summed E-state index contributed by atoms with van der Waals surface area (Å²) in [6, 6.07) is 0. The zero-order valence-corrected chi connectivity index (χ0v) is 13.5. The Morgan fingerprint density at radius 1 is 1.19 bits per heavy atom. The second-order valence-corrected chi connectivity index (χ2v) is 6.01. The second-order valence-electron chi connectivity index (χ2n) is 6.01. The van der Waals surface area contributed by atoms with E-state index in [1.54, 1.807) is 6.33 Å². The van der Waals surface area contributed by atoms with E-state index < -0.39 is 0 Å². The fraction of sp³-hybridized carbons (Fsp3) is 0.750. The largest absolute Gasteiger partial charge is 0.379 e. The maximum Gasteiger partial charge on any atom is 0.135 e. The zero-order chi connectivity index (χ0) is 15.1. The first-order chi connectivity index (χ1) is 10.2. The van der Waals surface area contributed by atoms with Crippen LogP contribution in [0.15, 0.2) is 6.33 Å². The molecule has 0 bridgehead atoms. The molecule has 1 aromatic heterocycles. The van der Waals surface area contributed by atoms with E-state index in [1.165, 1.54) is 12.8 Å². The van der Waals surface area contributed by atoms with Crippen LogP contribution in [-0.2, 0) is 4.74 Å². The van der Waals surface area contributed by atoms with Crippen molar-refractivity contribution >= 4 is 11.6 Å². The highest BCUT2D eigenvalue weighted by molar-refractivity contribution is 5.58. The molecule has 1 aromatic rings. The van der Waals surface area contributed by atoms with Gasteiger partial charge in [-0.05, 0) is 31.1 Å². The zero-order valence-electron chi connectivity index (χ0n) is 13.5. The lowest BCUT2D eigenvalue weighted by molar-refractivity contribution is 0.134. The predicted molar refractivity (Wildman–Crippen MR) is 86.9 cm³/mol. The van der Waals surface area contributed by atoms with Gasteiger partial charge in [0, 0.05) is 25.3 Å². The summed E-state index contributed by atoms with van der Waals surface area (Å²) < 4.78 is 5.65. The minimum Gasteiger partial charge on any atom is -0.379 e. The number of nitrogens with zero attached hydrogens (tertiary/aromatic N) is 2. The van der Waals surface area contributed by atoms with Gasteiger partial charge in [0.1, 0.15) is 18.0 Å². The van der Waals surface area contributed by atoms with Crippen LogP contribution in [-0.4, -0.2) is 36.3 Å². The molecule has 0 unspecified atom stereocenters. The first-order valence-electron chi connectivity index (χ1n) is 8.12. The Kier molecular flexibility index (Phi) is 6.23. The van der Waals surface area contributed by atoms with Crippen LogP contribution < -0.4 is 10.6 Å². The number of rotatable bonds is 10. The molecule has 0 saturated heterocycles. The van der Waals surface area contributed by atoms with Gasteiger partial charge in [0.15, 0.2) is 0 Å². The standard InChI is InChI=1S/C16H28N4O/c1-4-7-17-15-14(12(2)3)16(20-11-19-15)18-8-9-21-10-13-5-6-13/h11-13H,4-10H2,1-3H3,(H2,17,18,19,20). The van der Waals surface area contributed by atoms with Gasteiger partial charge >= 0.3 is 0 Å². The van der Waals surface area contributed by atoms with Crippen molar-refractivity contribution in [2.75, 3.05) is 36.9 Å². The monoisotopic (exact) mass is 292 g/mol. The molecule has 1 saturated carbocycles. The van der Waals surface area contributed by atoms with Crippen LogP contribution in [0.5, 0.6) is 0 Å². The summed E-state index contributed by atoms with van der Waals surface area (Å²) in [5, 5.41) is 6.78. The fourth-order valence-electron chi connectivity index (χ4n) is 2.24. The van der Waals surface area contributed by atoms with Crippen LogP contribution in [0, 0.1) is 5.92 Å². The molecule has 1 fully saturated rings. The Morgan fingerprint density at radius 2 is 1.86 bits per heavy atom. The molecule has 21 heavy (non-hydrogen) atoms. The van der Waals surface area contributed by atoms with E-state index in [1.807, 2.05) is 0 Å². The van der Waals surface area contributed by atoms with Gasteiger partial charge in [-0.2, -0.15) is 0 Å². The fourth-order valence-corrected chi connectivity index (χ4v) is 2.24. The van der Waals surface area contributed by atoms with E-state index in [0.717, 1.165) is 55.8 Å². The van der Waals surface area contributed by atoms with Gasteiger partial charge in [0.05, 0.1) is 6.61 Å². The first-order valence-corrected chi connectivity index (χ1v) is 8.12. The normalized spacial score (nSPS) is 14.5. The molecule has 0 atom stereocenters. The maximum absolute atomic E-state index is 5.65. The molecule has 1 aliphatic carbocycles. The Hall–Kier alpha value is -1.36. The van der Waals surface area contributed by atoms with Crippen LogP contribution in [0.4, 0.5) is 11.6 Å². The average molecular weight is 292 g/mol. The number of ether oxygens (including phenoxy) is 1. The second kappa shape index (κ2) is 8.17. The molecule has 118 valence electrons. The summed E-state index contributed by atoms with van der Waals surface area (Å²) in [6.07, 6.45) is 5.38.